The molecule has 0 atom stereocenters. The van der Waals surface area contributed by atoms with Crippen LogP contribution < -0.4 is 10.6 Å². The van der Waals surface area contributed by atoms with E-state index in [9.17, 15) is 9.59 Å². The normalized spacial score (nSPS) is 14.8. The van der Waals surface area contributed by atoms with Gasteiger partial charge in [0.15, 0.2) is 0 Å². The Hall–Kier alpha value is -2.04. The zero-order valence-electron chi connectivity index (χ0n) is 12.9. The number of carbonyl (C=O) groups excluding carboxylic acids is 2. The van der Waals surface area contributed by atoms with Crippen molar-refractivity contribution in [3.05, 3.63) is 29.3 Å². The molecular formula is C16H23N3O2. The number of hydrogen-bond donors (Lipinski definition) is 2. The molecule has 21 heavy (non-hydrogen) atoms. The topological polar surface area (TPSA) is 61.4 Å². The highest BCUT2D eigenvalue weighted by Gasteiger charge is 2.18. The lowest BCUT2D eigenvalue weighted by molar-refractivity contribution is 0.0827. The van der Waals surface area contributed by atoms with E-state index in [1.54, 1.807) is 26.2 Å². The molecule has 1 aromatic carbocycles. The molecule has 114 valence electrons. The van der Waals surface area contributed by atoms with Crippen molar-refractivity contribution in [2.24, 2.45) is 0 Å². The van der Waals surface area contributed by atoms with Gasteiger partial charge in [0, 0.05) is 31.4 Å². The Labute approximate surface area is 125 Å². The molecule has 3 amide bonds. The summed E-state index contributed by atoms with van der Waals surface area (Å²) in [6, 6.07) is 5.43. The number of carbonyl (C=O) groups is 2. The predicted octanol–water partition coefficient (Wildman–Crippen LogP) is 2.76. The second-order valence-electron chi connectivity index (χ2n) is 5.81. The summed E-state index contributed by atoms with van der Waals surface area (Å²) < 4.78 is 0. The molecule has 0 saturated heterocycles. The molecule has 0 spiro atoms. The van der Waals surface area contributed by atoms with Gasteiger partial charge in [-0.25, -0.2) is 4.79 Å². The van der Waals surface area contributed by atoms with Crippen LogP contribution in [0.1, 0.15) is 41.6 Å². The van der Waals surface area contributed by atoms with E-state index in [1.807, 2.05) is 13.0 Å². The summed E-state index contributed by atoms with van der Waals surface area (Å²) in [7, 11) is 3.42. The van der Waals surface area contributed by atoms with Gasteiger partial charge in [-0.15, -0.1) is 0 Å². The van der Waals surface area contributed by atoms with E-state index in [4.69, 9.17) is 0 Å². The van der Waals surface area contributed by atoms with E-state index < -0.39 is 0 Å². The summed E-state index contributed by atoms with van der Waals surface area (Å²) in [6.07, 6.45) is 4.45. The molecule has 0 heterocycles. The Bertz CT molecular complexity index is 534. The zero-order valence-corrected chi connectivity index (χ0v) is 12.9. The van der Waals surface area contributed by atoms with Crippen molar-refractivity contribution in [1.29, 1.82) is 0 Å². The number of nitrogens with one attached hydrogen (secondary N) is 2. The average Bonchev–Trinajstić information content (AvgIpc) is 2.93. The maximum atomic E-state index is 12.0. The molecule has 0 radical (unpaired) electrons. The standard InChI is InChI=1S/C16H23N3O2/c1-11-8-9-12(15(20)19(2)3)10-14(11)18-16(21)17-13-6-4-5-7-13/h8-10,13H,4-7H2,1-3H3,(H2,17,18,21). The van der Waals surface area contributed by atoms with Gasteiger partial charge in [-0.2, -0.15) is 0 Å². The van der Waals surface area contributed by atoms with Gasteiger partial charge in [-0.05, 0) is 37.5 Å². The molecule has 5 heteroatoms. The van der Waals surface area contributed by atoms with Gasteiger partial charge in [0.1, 0.15) is 0 Å². The first-order valence-electron chi connectivity index (χ1n) is 7.37. The minimum absolute atomic E-state index is 0.0748. The Morgan fingerprint density at radius 3 is 2.48 bits per heavy atom. The van der Waals surface area contributed by atoms with Gasteiger partial charge in [0.25, 0.3) is 5.91 Å². The van der Waals surface area contributed by atoms with E-state index in [0.717, 1.165) is 18.4 Å². The molecule has 1 saturated carbocycles. The van der Waals surface area contributed by atoms with Gasteiger partial charge < -0.3 is 15.5 Å². The first-order valence-corrected chi connectivity index (χ1v) is 7.37. The first-order chi connectivity index (χ1) is 9.97. The summed E-state index contributed by atoms with van der Waals surface area (Å²) in [6.45, 7) is 1.91. The lowest BCUT2D eigenvalue weighted by atomic mass is 10.1. The lowest BCUT2D eigenvalue weighted by Gasteiger charge is -2.16. The van der Waals surface area contributed by atoms with Crippen LogP contribution in [-0.4, -0.2) is 37.0 Å². The number of benzene rings is 1. The highest BCUT2D eigenvalue weighted by molar-refractivity contribution is 5.97. The van der Waals surface area contributed by atoms with E-state index in [2.05, 4.69) is 10.6 Å². The van der Waals surface area contributed by atoms with Gasteiger partial charge in [-0.1, -0.05) is 18.9 Å². The molecule has 0 unspecified atom stereocenters. The molecule has 2 rings (SSSR count). The lowest BCUT2D eigenvalue weighted by Crippen LogP contribution is -2.36. The smallest absolute Gasteiger partial charge is 0.319 e. The molecule has 1 fully saturated rings. The molecule has 0 bridgehead atoms. The van der Waals surface area contributed by atoms with E-state index in [1.165, 1.54) is 17.7 Å². The summed E-state index contributed by atoms with van der Waals surface area (Å²) in [5, 5.41) is 5.83. The van der Waals surface area contributed by atoms with Crippen molar-refractivity contribution in [2.45, 2.75) is 38.6 Å². The molecule has 1 aliphatic carbocycles. The Kier molecular flexibility index (Phi) is 4.83. The van der Waals surface area contributed by atoms with Crippen LogP contribution in [0.3, 0.4) is 0 Å². The summed E-state index contributed by atoms with van der Waals surface area (Å²) in [5.74, 6) is -0.0748. The molecule has 1 aliphatic rings. The number of urea groups is 1. The second kappa shape index (κ2) is 6.61. The zero-order chi connectivity index (χ0) is 15.4. The monoisotopic (exact) mass is 289 g/mol. The summed E-state index contributed by atoms with van der Waals surface area (Å²) in [4.78, 5) is 25.5. The van der Waals surface area contributed by atoms with Gasteiger partial charge >= 0.3 is 6.03 Å². The van der Waals surface area contributed by atoms with Crippen LogP contribution in [0.25, 0.3) is 0 Å². The molecule has 0 aromatic heterocycles. The van der Waals surface area contributed by atoms with Crippen LogP contribution in [0.2, 0.25) is 0 Å². The second-order valence-corrected chi connectivity index (χ2v) is 5.81. The number of nitrogens with zero attached hydrogens (tertiary/aromatic N) is 1. The largest absolute Gasteiger partial charge is 0.345 e. The van der Waals surface area contributed by atoms with Crippen LogP contribution in [0.5, 0.6) is 0 Å². The average molecular weight is 289 g/mol. The van der Waals surface area contributed by atoms with Crippen LogP contribution >= 0.6 is 0 Å². The van der Waals surface area contributed by atoms with Crippen molar-refractivity contribution in [3.8, 4) is 0 Å². The highest BCUT2D eigenvalue weighted by Crippen LogP contribution is 2.20. The maximum Gasteiger partial charge on any atom is 0.319 e. The SMILES string of the molecule is Cc1ccc(C(=O)N(C)C)cc1NC(=O)NC1CCCC1. The molecular weight excluding hydrogens is 266 g/mol. The van der Waals surface area contributed by atoms with Crippen LogP contribution in [0.15, 0.2) is 18.2 Å². The van der Waals surface area contributed by atoms with Gasteiger partial charge in [0.05, 0.1) is 0 Å². The van der Waals surface area contributed by atoms with E-state index >= 15 is 0 Å². The quantitative estimate of drug-likeness (QED) is 0.898. The number of rotatable bonds is 3. The number of anilines is 1. The van der Waals surface area contributed by atoms with Crippen LogP contribution in [-0.2, 0) is 0 Å². The van der Waals surface area contributed by atoms with Crippen LogP contribution in [0.4, 0.5) is 10.5 Å². The third-order valence-electron chi connectivity index (χ3n) is 3.83. The fraction of sp³-hybridized carbons (Fsp3) is 0.500. The van der Waals surface area contributed by atoms with E-state index in [-0.39, 0.29) is 18.0 Å². The predicted molar refractivity (Wildman–Crippen MR) is 83.6 cm³/mol. The summed E-state index contributed by atoms with van der Waals surface area (Å²) >= 11 is 0. The third-order valence-corrected chi connectivity index (χ3v) is 3.83. The third kappa shape index (κ3) is 3.97. The number of aryl methyl sites for hydroxylation is 1. The van der Waals surface area contributed by atoms with E-state index in [0.29, 0.717) is 11.3 Å². The van der Waals surface area contributed by atoms with Crippen molar-refractivity contribution in [3.63, 3.8) is 0 Å². The van der Waals surface area contributed by atoms with Crippen molar-refractivity contribution in [2.75, 3.05) is 19.4 Å². The fourth-order valence-corrected chi connectivity index (χ4v) is 2.56. The maximum absolute atomic E-state index is 12.0. The Balaban J connectivity index is 2.06. The highest BCUT2D eigenvalue weighted by atomic mass is 16.2. The fourth-order valence-electron chi connectivity index (χ4n) is 2.56. The summed E-state index contributed by atoms with van der Waals surface area (Å²) in [5.41, 5.74) is 2.19. The van der Waals surface area contributed by atoms with Crippen molar-refractivity contribution >= 4 is 17.6 Å². The minimum atomic E-state index is -0.195. The Morgan fingerprint density at radius 2 is 1.86 bits per heavy atom. The van der Waals surface area contributed by atoms with Crippen LogP contribution in [0, 0.1) is 6.92 Å². The molecule has 1 aromatic rings. The van der Waals surface area contributed by atoms with Gasteiger partial charge in [0.2, 0.25) is 0 Å². The minimum Gasteiger partial charge on any atom is -0.345 e. The van der Waals surface area contributed by atoms with Gasteiger partial charge in [-0.3, -0.25) is 4.79 Å². The molecule has 5 nitrogen and oxygen atoms in total. The van der Waals surface area contributed by atoms with Crippen molar-refractivity contribution < 1.29 is 9.59 Å². The van der Waals surface area contributed by atoms with Crippen molar-refractivity contribution in [1.82, 2.24) is 10.2 Å². The molecule has 0 aliphatic heterocycles. The molecule has 2 N–H and O–H groups in total. The number of amides is 3. The number of hydrogen-bond acceptors (Lipinski definition) is 2. The first kappa shape index (κ1) is 15.4. The Morgan fingerprint density at radius 1 is 1.19 bits per heavy atom.